The Morgan fingerprint density at radius 3 is 2.80 bits per heavy atom. The molecule has 0 amide bonds. The molecule has 6 nitrogen and oxygen atoms in total. The molecular formula is C24H28N4O2. The van der Waals surface area contributed by atoms with Gasteiger partial charge in [-0.05, 0) is 38.7 Å². The lowest BCUT2D eigenvalue weighted by Crippen LogP contribution is -2.29. The first-order valence-corrected chi connectivity index (χ1v) is 11.0. The summed E-state index contributed by atoms with van der Waals surface area (Å²) < 4.78 is 4.42. The summed E-state index contributed by atoms with van der Waals surface area (Å²) in [6.45, 7) is 2.80. The van der Waals surface area contributed by atoms with Gasteiger partial charge in [-0.1, -0.05) is 36.2 Å². The molecule has 2 heterocycles. The largest absolute Gasteiger partial charge is 0.347 e. The second-order valence-electron chi connectivity index (χ2n) is 8.63. The van der Waals surface area contributed by atoms with Gasteiger partial charge >= 0.3 is 5.97 Å². The zero-order valence-corrected chi connectivity index (χ0v) is 17.7. The van der Waals surface area contributed by atoms with Crippen molar-refractivity contribution in [3.63, 3.8) is 0 Å². The Bertz CT molecular complexity index is 1120. The number of rotatable bonds is 4. The number of carbonyl (C=O) groups excluding carboxylic acids is 1. The van der Waals surface area contributed by atoms with Gasteiger partial charge in [0.05, 0.1) is 11.6 Å². The summed E-state index contributed by atoms with van der Waals surface area (Å²) >= 11 is 0. The zero-order valence-electron chi connectivity index (χ0n) is 17.7. The van der Waals surface area contributed by atoms with Crippen molar-refractivity contribution in [1.82, 2.24) is 14.1 Å². The predicted molar refractivity (Wildman–Crippen MR) is 116 cm³/mol. The van der Waals surface area contributed by atoms with Crippen molar-refractivity contribution in [3.05, 3.63) is 53.7 Å². The minimum atomic E-state index is -0.176. The number of para-hydroxylation sites is 1. The van der Waals surface area contributed by atoms with Gasteiger partial charge in [0.2, 0.25) is 0 Å². The molecule has 2 aliphatic rings. The Balaban J connectivity index is 1.55. The Labute approximate surface area is 176 Å². The predicted octanol–water partition coefficient (Wildman–Crippen LogP) is 4.38. The average molecular weight is 405 g/mol. The summed E-state index contributed by atoms with van der Waals surface area (Å²) in [5, 5.41) is 5.72. The van der Waals surface area contributed by atoms with E-state index < -0.39 is 0 Å². The molecule has 5 rings (SSSR count). The van der Waals surface area contributed by atoms with Crippen molar-refractivity contribution in [3.8, 4) is 0 Å². The maximum atomic E-state index is 12.6. The number of hydrogen-bond donors (Lipinski definition) is 0. The highest BCUT2D eigenvalue weighted by Gasteiger charge is 2.32. The number of oxime groups is 1. The van der Waals surface area contributed by atoms with E-state index in [2.05, 4.69) is 50.6 Å². The molecule has 1 atom stereocenters. The molecule has 0 N–H and O–H groups in total. The van der Waals surface area contributed by atoms with Crippen molar-refractivity contribution in [2.45, 2.75) is 52.0 Å². The molecule has 1 fully saturated rings. The molecule has 30 heavy (non-hydrogen) atoms. The molecule has 0 radical (unpaired) electrons. The van der Waals surface area contributed by atoms with Crippen LogP contribution in [0.5, 0.6) is 0 Å². The molecule has 156 valence electrons. The SMILES string of the molecule is Cc1nccn1CC1CCc2c(c3ccccc3n2C)/C1=N/OC(=O)C1CCCC1. The van der Waals surface area contributed by atoms with Gasteiger partial charge in [-0.3, -0.25) is 0 Å². The number of aryl methyl sites for hydroxylation is 2. The Morgan fingerprint density at radius 1 is 1.23 bits per heavy atom. The molecular weight excluding hydrogens is 376 g/mol. The van der Waals surface area contributed by atoms with E-state index in [4.69, 9.17) is 4.84 Å². The molecule has 3 aromatic rings. The molecule has 0 spiro atoms. The molecule has 0 saturated heterocycles. The summed E-state index contributed by atoms with van der Waals surface area (Å²) in [6.07, 6.45) is 9.83. The van der Waals surface area contributed by atoms with Crippen molar-refractivity contribution in [2.24, 2.45) is 24.0 Å². The van der Waals surface area contributed by atoms with Gasteiger partial charge in [-0.2, -0.15) is 0 Å². The summed E-state index contributed by atoms with van der Waals surface area (Å²) in [4.78, 5) is 22.5. The van der Waals surface area contributed by atoms with E-state index >= 15 is 0 Å². The number of benzene rings is 1. The number of fused-ring (bicyclic) bond motifs is 3. The Kier molecular flexibility index (Phi) is 4.93. The smallest absolute Gasteiger partial charge is 0.338 e. The summed E-state index contributed by atoms with van der Waals surface area (Å²) in [5.41, 5.74) is 4.50. The van der Waals surface area contributed by atoms with Crippen LogP contribution < -0.4 is 0 Å². The van der Waals surface area contributed by atoms with Gasteiger partial charge < -0.3 is 14.0 Å². The number of hydrogen-bond acceptors (Lipinski definition) is 4. The fourth-order valence-corrected chi connectivity index (χ4v) is 5.14. The van der Waals surface area contributed by atoms with E-state index in [1.54, 1.807) is 0 Å². The molecule has 0 aliphatic heterocycles. The first-order chi connectivity index (χ1) is 14.6. The molecule has 1 unspecified atom stereocenters. The lowest BCUT2D eigenvalue weighted by molar-refractivity contribution is -0.148. The number of imidazole rings is 1. The first kappa shape index (κ1) is 19.1. The van der Waals surface area contributed by atoms with E-state index in [1.165, 1.54) is 16.6 Å². The summed E-state index contributed by atoms with van der Waals surface area (Å²) in [5.74, 6) is 0.984. The van der Waals surface area contributed by atoms with Crippen LogP contribution in [0.25, 0.3) is 10.9 Å². The molecule has 6 heteroatoms. The third kappa shape index (κ3) is 3.24. The summed E-state index contributed by atoms with van der Waals surface area (Å²) in [6, 6.07) is 8.42. The molecule has 1 saturated carbocycles. The van der Waals surface area contributed by atoms with Crippen LogP contribution in [0.2, 0.25) is 0 Å². The fourth-order valence-electron chi connectivity index (χ4n) is 5.14. The standard InChI is InChI=1S/C24H28N4O2/c1-16-25-13-14-28(16)15-18-11-12-21-22(19-9-5-6-10-20(19)27(21)2)23(18)26-30-24(29)17-7-3-4-8-17/h5-6,9-10,13-14,17-18H,3-4,7-8,11-12,15H2,1-2H3/b26-23+. The number of carbonyl (C=O) groups is 1. The van der Waals surface area contributed by atoms with Gasteiger partial charge in [-0.25, -0.2) is 9.78 Å². The maximum Gasteiger partial charge on any atom is 0.338 e. The van der Waals surface area contributed by atoms with E-state index in [9.17, 15) is 4.79 Å². The highest BCUT2D eigenvalue weighted by molar-refractivity contribution is 6.14. The van der Waals surface area contributed by atoms with Gasteiger partial charge in [0.1, 0.15) is 5.82 Å². The average Bonchev–Trinajstić information content (AvgIpc) is 3.49. The van der Waals surface area contributed by atoms with Crippen LogP contribution in [-0.4, -0.2) is 25.8 Å². The minimum absolute atomic E-state index is 0.000674. The molecule has 2 aliphatic carbocycles. The zero-order chi connectivity index (χ0) is 20.7. The van der Waals surface area contributed by atoms with Crippen molar-refractivity contribution >= 4 is 22.6 Å². The van der Waals surface area contributed by atoms with Crippen LogP contribution in [0.4, 0.5) is 0 Å². The van der Waals surface area contributed by atoms with E-state index in [1.807, 2.05) is 19.3 Å². The van der Waals surface area contributed by atoms with Gasteiger partial charge in [-0.15, -0.1) is 0 Å². The van der Waals surface area contributed by atoms with Crippen LogP contribution in [0, 0.1) is 18.8 Å². The third-order valence-corrected chi connectivity index (χ3v) is 6.86. The number of aromatic nitrogens is 3. The second kappa shape index (κ2) is 7.74. The topological polar surface area (TPSA) is 61.4 Å². The van der Waals surface area contributed by atoms with Crippen molar-refractivity contribution in [1.29, 1.82) is 0 Å². The van der Waals surface area contributed by atoms with Gasteiger partial charge in [0, 0.05) is 54.1 Å². The van der Waals surface area contributed by atoms with Crippen LogP contribution >= 0.6 is 0 Å². The van der Waals surface area contributed by atoms with Crippen molar-refractivity contribution < 1.29 is 9.63 Å². The quantitative estimate of drug-likeness (QED) is 0.479. The van der Waals surface area contributed by atoms with Gasteiger partial charge in [0.15, 0.2) is 0 Å². The van der Waals surface area contributed by atoms with E-state index in [0.29, 0.717) is 0 Å². The molecule has 0 bridgehead atoms. The second-order valence-corrected chi connectivity index (χ2v) is 8.63. The Morgan fingerprint density at radius 2 is 2.03 bits per heavy atom. The molecule has 1 aromatic carbocycles. The lowest BCUT2D eigenvalue weighted by Gasteiger charge is -2.26. The van der Waals surface area contributed by atoms with Crippen LogP contribution in [-0.2, 0) is 29.6 Å². The van der Waals surface area contributed by atoms with E-state index in [0.717, 1.165) is 62.2 Å². The third-order valence-electron chi connectivity index (χ3n) is 6.86. The normalized spacial score (nSPS) is 20.7. The maximum absolute atomic E-state index is 12.6. The number of nitrogens with zero attached hydrogens (tertiary/aromatic N) is 4. The lowest BCUT2D eigenvalue weighted by atomic mass is 9.84. The highest BCUT2D eigenvalue weighted by atomic mass is 16.7. The van der Waals surface area contributed by atoms with E-state index in [-0.39, 0.29) is 17.8 Å². The monoisotopic (exact) mass is 404 g/mol. The van der Waals surface area contributed by atoms with Crippen LogP contribution in [0.1, 0.15) is 49.2 Å². The minimum Gasteiger partial charge on any atom is -0.347 e. The fraction of sp³-hybridized carbons (Fsp3) is 0.458. The van der Waals surface area contributed by atoms with Crippen LogP contribution in [0.3, 0.4) is 0 Å². The van der Waals surface area contributed by atoms with Gasteiger partial charge in [0.25, 0.3) is 0 Å². The highest BCUT2D eigenvalue weighted by Crippen LogP contribution is 2.35. The Hall–Kier alpha value is -2.89. The summed E-state index contributed by atoms with van der Waals surface area (Å²) in [7, 11) is 2.11. The van der Waals surface area contributed by atoms with Crippen molar-refractivity contribution in [2.75, 3.05) is 0 Å². The first-order valence-electron chi connectivity index (χ1n) is 11.0. The molecule has 2 aromatic heterocycles. The van der Waals surface area contributed by atoms with Crippen LogP contribution in [0.15, 0.2) is 41.8 Å².